The molecule has 106 valence electrons. The molecule has 0 spiro atoms. The zero-order chi connectivity index (χ0) is 14.8. The molecule has 1 amide bonds. The molecular formula is C11H13N5O3S. The fraction of sp³-hybridized carbons (Fsp3) is 0.182. The smallest absolute Gasteiger partial charge is 0.295 e. The maximum atomic E-state index is 11.9. The quantitative estimate of drug-likeness (QED) is 0.748. The van der Waals surface area contributed by atoms with Crippen molar-refractivity contribution in [2.24, 2.45) is 0 Å². The molecule has 0 unspecified atom stereocenters. The number of para-hydroxylation sites is 1. The molecule has 0 atom stereocenters. The van der Waals surface area contributed by atoms with Gasteiger partial charge in [-0.3, -0.25) is 9.89 Å². The van der Waals surface area contributed by atoms with E-state index in [0.717, 1.165) is 0 Å². The second-order valence-corrected chi connectivity index (χ2v) is 5.76. The highest BCUT2D eigenvalue weighted by atomic mass is 32.2. The molecule has 2 rings (SSSR count). The van der Waals surface area contributed by atoms with Crippen LogP contribution >= 0.6 is 0 Å². The van der Waals surface area contributed by atoms with E-state index < -0.39 is 15.9 Å². The molecule has 20 heavy (non-hydrogen) atoms. The van der Waals surface area contributed by atoms with Gasteiger partial charge in [-0.2, -0.15) is 0 Å². The Morgan fingerprint density at radius 3 is 2.60 bits per heavy atom. The van der Waals surface area contributed by atoms with E-state index in [0.29, 0.717) is 5.82 Å². The van der Waals surface area contributed by atoms with Crippen LogP contribution in [-0.2, 0) is 10.0 Å². The van der Waals surface area contributed by atoms with Gasteiger partial charge in [-0.25, -0.2) is 18.1 Å². The van der Waals surface area contributed by atoms with Crippen LogP contribution in [0.3, 0.4) is 0 Å². The van der Waals surface area contributed by atoms with Crippen LogP contribution in [-0.4, -0.2) is 36.6 Å². The number of nitrogens with zero attached hydrogens (tertiary/aromatic N) is 2. The summed E-state index contributed by atoms with van der Waals surface area (Å²) in [5, 5.41) is 8.73. The molecule has 1 aromatic carbocycles. The van der Waals surface area contributed by atoms with Crippen molar-refractivity contribution in [2.45, 2.75) is 11.8 Å². The lowest BCUT2D eigenvalue weighted by molar-refractivity contribution is 0.101. The van der Waals surface area contributed by atoms with E-state index in [9.17, 15) is 13.2 Å². The Labute approximate surface area is 115 Å². The number of carbonyl (C=O) groups is 1. The molecule has 9 heteroatoms. The Morgan fingerprint density at radius 1 is 1.30 bits per heavy atom. The summed E-state index contributed by atoms with van der Waals surface area (Å²) in [5.41, 5.74) is 0.161. The first-order valence-electron chi connectivity index (χ1n) is 5.67. The van der Waals surface area contributed by atoms with Crippen LogP contribution in [0.15, 0.2) is 29.2 Å². The summed E-state index contributed by atoms with van der Waals surface area (Å²) in [6, 6.07) is 6.07. The molecular weight excluding hydrogens is 282 g/mol. The number of amides is 1. The van der Waals surface area contributed by atoms with Crippen LogP contribution in [0.5, 0.6) is 0 Å². The Balaban J connectivity index is 2.33. The van der Waals surface area contributed by atoms with E-state index in [2.05, 4.69) is 25.2 Å². The predicted octanol–water partition coefficient (Wildman–Crippen LogP) is 0.274. The van der Waals surface area contributed by atoms with E-state index in [1.165, 1.54) is 19.2 Å². The first kappa shape index (κ1) is 14.2. The predicted molar refractivity (Wildman–Crippen MR) is 71.8 cm³/mol. The Hall–Kier alpha value is -2.26. The van der Waals surface area contributed by atoms with Crippen molar-refractivity contribution in [1.29, 1.82) is 0 Å². The van der Waals surface area contributed by atoms with Crippen LogP contribution in [0.1, 0.15) is 16.4 Å². The van der Waals surface area contributed by atoms with E-state index in [4.69, 9.17) is 0 Å². The van der Waals surface area contributed by atoms with E-state index >= 15 is 0 Å². The second-order valence-electron chi connectivity index (χ2n) is 3.90. The minimum atomic E-state index is -3.66. The van der Waals surface area contributed by atoms with Crippen molar-refractivity contribution in [2.75, 3.05) is 12.4 Å². The third-order valence-electron chi connectivity index (χ3n) is 2.49. The summed E-state index contributed by atoms with van der Waals surface area (Å²) in [4.78, 5) is 15.8. The number of aromatic amines is 1. The molecule has 0 radical (unpaired) electrons. The zero-order valence-electron chi connectivity index (χ0n) is 10.8. The maximum absolute atomic E-state index is 11.9. The molecule has 0 aliphatic carbocycles. The lowest BCUT2D eigenvalue weighted by Crippen LogP contribution is -2.22. The van der Waals surface area contributed by atoms with Crippen molar-refractivity contribution in [3.8, 4) is 0 Å². The average Bonchev–Trinajstić information content (AvgIpc) is 2.86. The van der Waals surface area contributed by atoms with Crippen LogP contribution in [0.25, 0.3) is 0 Å². The fourth-order valence-electron chi connectivity index (χ4n) is 1.54. The topological polar surface area (TPSA) is 117 Å². The number of nitrogens with one attached hydrogen (secondary N) is 3. The third kappa shape index (κ3) is 2.83. The summed E-state index contributed by atoms with van der Waals surface area (Å²) in [6.07, 6.45) is 0. The summed E-state index contributed by atoms with van der Waals surface area (Å²) < 4.78 is 25.9. The number of H-pyrrole nitrogens is 1. The highest BCUT2D eigenvalue weighted by molar-refractivity contribution is 7.89. The van der Waals surface area contributed by atoms with Gasteiger partial charge in [-0.05, 0) is 26.1 Å². The van der Waals surface area contributed by atoms with Gasteiger partial charge in [0.25, 0.3) is 5.91 Å². The minimum Gasteiger partial charge on any atom is -0.318 e. The number of carbonyl (C=O) groups excluding carboxylic acids is 1. The van der Waals surface area contributed by atoms with Gasteiger partial charge in [0.15, 0.2) is 0 Å². The van der Waals surface area contributed by atoms with Crippen LogP contribution in [0.2, 0.25) is 0 Å². The van der Waals surface area contributed by atoms with Crippen LogP contribution in [0.4, 0.5) is 5.69 Å². The number of rotatable bonds is 4. The summed E-state index contributed by atoms with van der Waals surface area (Å²) in [6.45, 7) is 1.66. The van der Waals surface area contributed by atoms with E-state index in [1.54, 1.807) is 19.1 Å². The third-order valence-corrected chi connectivity index (χ3v) is 3.97. The average molecular weight is 295 g/mol. The molecule has 0 fully saturated rings. The Kier molecular flexibility index (Phi) is 3.81. The highest BCUT2D eigenvalue weighted by Crippen LogP contribution is 2.20. The largest absolute Gasteiger partial charge is 0.318 e. The summed E-state index contributed by atoms with van der Waals surface area (Å²) in [7, 11) is -2.37. The van der Waals surface area contributed by atoms with Crippen molar-refractivity contribution < 1.29 is 13.2 Å². The normalized spacial score (nSPS) is 11.3. The van der Waals surface area contributed by atoms with Crippen molar-refractivity contribution in [1.82, 2.24) is 19.9 Å². The van der Waals surface area contributed by atoms with Gasteiger partial charge in [-0.15, -0.1) is 5.10 Å². The molecule has 0 aliphatic heterocycles. The van der Waals surface area contributed by atoms with E-state index in [-0.39, 0.29) is 16.4 Å². The van der Waals surface area contributed by atoms with Gasteiger partial charge in [0.2, 0.25) is 15.8 Å². The van der Waals surface area contributed by atoms with Gasteiger partial charge in [0.1, 0.15) is 10.7 Å². The highest BCUT2D eigenvalue weighted by Gasteiger charge is 2.19. The molecule has 0 bridgehead atoms. The van der Waals surface area contributed by atoms with Crippen LogP contribution in [0, 0.1) is 6.92 Å². The molecule has 0 aliphatic rings. The van der Waals surface area contributed by atoms with Gasteiger partial charge in [0, 0.05) is 0 Å². The van der Waals surface area contributed by atoms with Gasteiger partial charge < -0.3 is 5.32 Å². The number of aromatic nitrogens is 3. The SMILES string of the molecule is CNS(=O)(=O)c1ccccc1NC(=O)c1n[nH]c(C)n1. The van der Waals surface area contributed by atoms with Crippen LogP contribution < -0.4 is 10.0 Å². The molecule has 8 nitrogen and oxygen atoms in total. The lowest BCUT2D eigenvalue weighted by atomic mass is 10.3. The molecule has 1 aromatic heterocycles. The molecule has 0 saturated carbocycles. The first-order chi connectivity index (χ1) is 9.44. The Bertz CT molecular complexity index is 738. The number of aryl methyl sites for hydroxylation is 1. The molecule has 0 saturated heterocycles. The zero-order valence-corrected chi connectivity index (χ0v) is 11.7. The maximum Gasteiger partial charge on any atom is 0.295 e. The van der Waals surface area contributed by atoms with Crippen molar-refractivity contribution in [3.63, 3.8) is 0 Å². The number of hydrogen-bond donors (Lipinski definition) is 3. The monoisotopic (exact) mass is 295 g/mol. The second kappa shape index (κ2) is 5.39. The number of benzene rings is 1. The standard InChI is InChI=1S/C11H13N5O3S/c1-7-13-10(16-15-7)11(17)14-8-5-3-4-6-9(8)20(18,19)12-2/h3-6,12H,1-2H3,(H,14,17)(H,13,15,16). The van der Waals surface area contributed by atoms with Crippen molar-refractivity contribution in [3.05, 3.63) is 35.9 Å². The fourth-order valence-corrected chi connectivity index (χ4v) is 2.42. The lowest BCUT2D eigenvalue weighted by Gasteiger charge is -2.09. The van der Waals surface area contributed by atoms with Gasteiger partial charge in [0.05, 0.1) is 5.69 Å². The van der Waals surface area contributed by atoms with E-state index in [1.807, 2.05) is 0 Å². The molecule has 1 heterocycles. The summed E-state index contributed by atoms with van der Waals surface area (Å²) >= 11 is 0. The number of anilines is 1. The Morgan fingerprint density at radius 2 is 2.00 bits per heavy atom. The number of hydrogen-bond acceptors (Lipinski definition) is 5. The molecule has 2 aromatic rings. The minimum absolute atomic E-state index is 0.0249. The summed E-state index contributed by atoms with van der Waals surface area (Å²) in [5.74, 6) is -0.154. The number of sulfonamides is 1. The van der Waals surface area contributed by atoms with Gasteiger partial charge >= 0.3 is 0 Å². The van der Waals surface area contributed by atoms with Gasteiger partial charge in [-0.1, -0.05) is 12.1 Å². The van der Waals surface area contributed by atoms with Crippen molar-refractivity contribution >= 4 is 21.6 Å². The first-order valence-corrected chi connectivity index (χ1v) is 7.15. The molecule has 3 N–H and O–H groups in total.